The smallest absolute Gasteiger partial charge is 0.413 e. The molecular formula is C39H48N6O6Si. The predicted molar refractivity (Wildman–Crippen MR) is 205 cm³/mol. The number of carbonyl (C=O) groups is 2. The summed E-state index contributed by atoms with van der Waals surface area (Å²) in [7, 11) is 1.39. The van der Waals surface area contributed by atoms with Crippen LogP contribution < -0.4 is 25.3 Å². The number of hydrogen-bond donors (Lipinski definition) is 1. The van der Waals surface area contributed by atoms with Crippen molar-refractivity contribution in [2.45, 2.75) is 52.1 Å². The number of fused-ring (bicyclic) bond motifs is 1. The Labute approximate surface area is 306 Å². The second kappa shape index (κ2) is 16.8. The number of carbonyl (C=O) groups excluding carboxylic acids is 2. The molecule has 0 atom stereocenters. The molecule has 2 heterocycles. The van der Waals surface area contributed by atoms with Gasteiger partial charge in [-0.3, -0.25) is 10.00 Å². The third-order valence-corrected chi connectivity index (χ3v) is 14.1. The van der Waals surface area contributed by atoms with Crippen molar-refractivity contribution in [2.75, 3.05) is 51.2 Å². The molecule has 0 saturated carbocycles. The number of anilines is 2. The molecule has 0 saturated heterocycles. The summed E-state index contributed by atoms with van der Waals surface area (Å²) < 4.78 is 24.4. The summed E-state index contributed by atoms with van der Waals surface area (Å²) >= 11 is 0. The van der Waals surface area contributed by atoms with Gasteiger partial charge in [-0.25, -0.2) is 14.6 Å². The average Bonchev–Trinajstić information content (AvgIpc) is 3.56. The van der Waals surface area contributed by atoms with Crippen LogP contribution in [0.4, 0.5) is 16.6 Å². The van der Waals surface area contributed by atoms with Crippen molar-refractivity contribution in [3.8, 4) is 5.75 Å². The highest BCUT2D eigenvalue weighted by atomic mass is 28.4. The van der Waals surface area contributed by atoms with Crippen LogP contribution in [0.5, 0.6) is 5.75 Å². The van der Waals surface area contributed by atoms with E-state index in [0.717, 1.165) is 18.4 Å². The molecule has 0 aliphatic rings. The Kier molecular flexibility index (Phi) is 12.3. The van der Waals surface area contributed by atoms with Gasteiger partial charge in [0.25, 0.3) is 8.32 Å². The third kappa shape index (κ3) is 8.26. The zero-order chi connectivity index (χ0) is 37.3. The van der Waals surface area contributed by atoms with Crippen molar-refractivity contribution in [2.24, 2.45) is 0 Å². The van der Waals surface area contributed by atoms with Crippen LogP contribution in [0.1, 0.15) is 56.5 Å². The molecule has 0 spiro atoms. The van der Waals surface area contributed by atoms with E-state index in [2.05, 4.69) is 91.4 Å². The number of nitrogens with one attached hydrogen (secondary N) is 1. The lowest BCUT2D eigenvalue weighted by molar-refractivity contribution is 0.0600. The summed E-state index contributed by atoms with van der Waals surface area (Å²) in [5.74, 6) is 0.740. The number of aromatic nitrogens is 4. The lowest BCUT2D eigenvalue weighted by atomic mass is 10.1. The fraction of sp³-hybridized carbons (Fsp3) is 0.359. The number of ether oxygens (including phenoxy) is 3. The van der Waals surface area contributed by atoms with E-state index in [4.69, 9.17) is 28.7 Å². The molecular weight excluding hydrogens is 677 g/mol. The van der Waals surface area contributed by atoms with Gasteiger partial charge < -0.3 is 23.5 Å². The van der Waals surface area contributed by atoms with E-state index in [-0.39, 0.29) is 11.0 Å². The Bertz CT molecular complexity index is 1930. The molecule has 0 unspecified atom stereocenters. The van der Waals surface area contributed by atoms with E-state index in [9.17, 15) is 9.59 Å². The Morgan fingerprint density at radius 1 is 0.885 bits per heavy atom. The van der Waals surface area contributed by atoms with Crippen LogP contribution in [0.15, 0.2) is 85.1 Å². The second-order valence-electron chi connectivity index (χ2n) is 13.4. The Morgan fingerprint density at radius 2 is 1.56 bits per heavy atom. The molecule has 0 aliphatic carbocycles. The predicted octanol–water partition coefficient (Wildman–Crippen LogP) is 6.03. The van der Waals surface area contributed by atoms with Gasteiger partial charge in [-0.1, -0.05) is 101 Å². The standard InChI is InChI=1S/C39H48N6O6Si/c1-8-9-22-44(23-24-51-52(39(2,3)4,30-16-12-10-13-17-30)31-18-14-11-15-19-31)35-34-32(40-37(41-35)42-38(47)50-7)27-45(43-34)26-29-21-20-28(36(46)49-6)25-33(29)48-5/h10-21,25,27H,8-9,22-24,26H2,1-7H3,(H,40,42,47). The van der Waals surface area contributed by atoms with Crippen LogP contribution in [0.2, 0.25) is 5.04 Å². The number of nitrogens with zero attached hydrogens (tertiary/aromatic N) is 5. The average molecular weight is 725 g/mol. The maximum absolute atomic E-state index is 12.3. The topological polar surface area (TPSA) is 130 Å². The number of esters is 1. The maximum Gasteiger partial charge on any atom is 0.413 e. The minimum absolute atomic E-state index is 0.100. The first-order valence-electron chi connectivity index (χ1n) is 17.4. The van der Waals surface area contributed by atoms with E-state index < -0.39 is 20.4 Å². The molecule has 0 radical (unpaired) electrons. The zero-order valence-electron chi connectivity index (χ0n) is 31.0. The number of amides is 1. The zero-order valence-corrected chi connectivity index (χ0v) is 32.0. The quantitative estimate of drug-likeness (QED) is 0.101. The van der Waals surface area contributed by atoms with Gasteiger partial charge >= 0.3 is 12.1 Å². The van der Waals surface area contributed by atoms with Crippen molar-refractivity contribution in [3.63, 3.8) is 0 Å². The molecule has 0 aliphatic heterocycles. The molecule has 1 amide bonds. The molecule has 0 fully saturated rings. The molecule has 274 valence electrons. The van der Waals surface area contributed by atoms with Gasteiger partial charge in [-0.2, -0.15) is 10.1 Å². The van der Waals surface area contributed by atoms with Crippen LogP contribution in [-0.4, -0.2) is 81.2 Å². The molecule has 12 nitrogen and oxygen atoms in total. The molecule has 13 heteroatoms. The van der Waals surface area contributed by atoms with Gasteiger partial charge in [-0.05, 0) is 34.0 Å². The molecule has 3 aromatic carbocycles. The normalized spacial score (nSPS) is 11.7. The molecule has 1 N–H and O–H groups in total. The number of rotatable bonds is 15. The van der Waals surface area contributed by atoms with Crippen molar-refractivity contribution < 1.29 is 28.2 Å². The van der Waals surface area contributed by atoms with E-state index in [0.29, 0.717) is 54.4 Å². The monoisotopic (exact) mass is 724 g/mol. The van der Waals surface area contributed by atoms with Crippen LogP contribution in [-0.2, 0) is 20.4 Å². The first kappa shape index (κ1) is 38.0. The summed E-state index contributed by atoms with van der Waals surface area (Å²) in [5, 5.41) is 9.82. The largest absolute Gasteiger partial charge is 0.496 e. The Hall–Kier alpha value is -5.27. The molecule has 5 aromatic rings. The van der Waals surface area contributed by atoms with Crippen molar-refractivity contribution in [1.82, 2.24) is 19.7 Å². The van der Waals surface area contributed by atoms with E-state index in [1.165, 1.54) is 24.6 Å². The highest BCUT2D eigenvalue weighted by Gasteiger charge is 2.50. The first-order chi connectivity index (χ1) is 25.0. The van der Waals surface area contributed by atoms with E-state index in [1.54, 1.807) is 30.1 Å². The summed E-state index contributed by atoms with van der Waals surface area (Å²) in [6, 6.07) is 26.3. The molecule has 52 heavy (non-hydrogen) atoms. The fourth-order valence-electron chi connectivity index (χ4n) is 6.48. The lowest BCUT2D eigenvalue weighted by Gasteiger charge is -2.43. The van der Waals surface area contributed by atoms with Crippen LogP contribution in [0.3, 0.4) is 0 Å². The third-order valence-electron chi connectivity index (χ3n) is 9.01. The summed E-state index contributed by atoms with van der Waals surface area (Å²) in [6.07, 6.45) is 2.98. The number of hydrogen-bond acceptors (Lipinski definition) is 10. The van der Waals surface area contributed by atoms with E-state index >= 15 is 0 Å². The summed E-state index contributed by atoms with van der Waals surface area (Å²) in [5.41, 5.74) is 2.29. The van der Waals surface area contributed by atoms with Gasteiger partial charge in [0.1, 0.15) is 11.3 Å². The summed E-state index contributed by atoms with van der Waals surface area (Å²) in [6.45, 7) is 10.9. The molecule has 2 aromatic heterocycles. The highest BCUT2D eigenvalue weighted by molar-refractivity contribution is 6.99. The van der Waals surface area contributed by atoms with Gasteiger partial charge in [-0.15, -0.1) is 0 Å². The van der Waals surface area contributed by atoms with Crippen LogP contribution in [0.25, 0.3) is 11.0 Å². The second-order valence-corrected chi connectivity index (χ2v) is 17.7. The highest BCUT2D eigenvalue weighted by Crippen LogP contribution is 2.37. The number of methoxy groups -OCH3 is 3. The van der Waals surface area contributed by atoms with Gasteiger partial charge in [0.15, 0.2) is 11.3 Å². The van der Waals surface area contributed by atoms with Crippen molar-refractivity contribution in [1.29, 1.82) is 0 Å². The fourth-order valence-corrected chi connectivity index (χ4v) is 11.0. The SMILES string of the molecule is CCCCN(CCO[Si](c1ccccc1)(c1ccccc1)C(C)(C)C)c1nc(NC(=O)OC)nc2cn(Cc3ccc(C(=O)OC)cc3OC)nc12. The van der Waals surface area contributed by atoms with Crippen LogP contribution in [0, 0.1) is 0 Å². The van der Waals surface area contributed by atoms with Crippen LogP contribution >= 0.6 is 0 Å². The van der Waals surface area contributed by atoms with Gasteiger partial charge in [0.05, 0.1) is 46.2 Å². The van der Waals surface area contributed by atoms with Crippen molar-refractivity contribution >= 4 is 53.6 Å². The molecule has 0 bridgehead atoms. The number of benzene rings is 3. The first-order valence-corrected chi connectivity index (χ1v) is 19.3. The minimum Gasteiger partial charge on any atom is -0.496 e. The van der Waals surface area contributed by atoms with E-state index in [1.807, 2.05) is 18.2 Å². The Morgan fingerprint density at radius 3 is 2.13 bits per heavy atom. The Balaban J connectivity index is 1.54. The minimum atomic E-state index is -2.80. The maximum atomic E-state index is 12.3. The lowest BCUT2D eigenvalue weighted by Crippen LogP contribution is -2.67. The number of unbranched alkanes of at least 4 members (excludes halogenated alkanes) is 1. The molecule has 5 rings (SSSR count). The summed E-state index contributed by atoms with van der Waals surface area (Å²) in [4.78, 5) is 36.1. The van der Waals surface area contributed by atoms with Gasteiger partial charge in [0.2, 0.25) is 5.95 Å². The van der Waals surface area contributed by atoms with Crippen molar-refractivity contribution in [3.05, 3.63) is 96.2 Å². The van der Waals surface area contributed by atoms with Gasteiger partial charge in [0, 0.05) is 18.7 Å².